The quantitative estimate of drug-likeness (QED) is 0.209. The summed E-state index contributed by atoms with van der Waals surface area (Å²) in [6, 6.07) is 52.4. The molecule has 7 aromatic carbocycles. The van der Waals surface area contributed by atoms with Gasteiger partial charge in [0.25, 0.3) is 0 Å². The van der Waals surface area contributed by atoms with E-state index in [0.717, 1.165) is 49.4 Å². The molecule has 0 saturated carbocycles. The molecule has 210 valence electrons. The van der Waals surface area contributed by atoms with Crippen LogP contribution in [0.5, 0.6) is 0 Å². The van der Waals surface area contributed by atoms with E-state index in [1.165, 1.54) is 21.9 Å². The number of nitrogens with zero attached hydrogens (tertiary/aromatic N) is 3. The highest BCUT2D eigenvalue weighted by atomic mass is 16.3. The molecular weight excluding hydrogens is 550 g/mol. The minimum Gasteiger partial charge on any atom is -0.456 e. The van der Waals surface area contributed by atoms with Gasteiger partial charge in [0.1, 0.15) is 11.2 Å². The van der Waals surface area contributed by atoms with Crippen molar-refractivity contribution in [3.8, 4) is 45.3 Å². The first-order valence-electron chi connectivity index (χ1n) is 15.0. The van der Waals surface area contributed by atoms with Crippen LogP contribution in [0.3, 0.4) is 0 Å². The second-order valence-corrected chi connectivity index (χ2v) is 11.3. The molecule has 4 nitrogen and oxygen atoms in total. The van der Waals surface area contributed by atoms with Crippen LogP contribution in [0.25, 0.3) is 88.8 Å². The van der Waals surface area contributed by atoms with Gasteiger partial charge in [-0.25, -0.2) is 15.0 Å². The second-order valence-electron chi connectivity index (χ2n) is 11.3. The van der Waals surface area contributed by atoms with Crippen molar-refractivity contribution in [3.05, 3.63) is 152 Å². The Morgan fingerprint density at radius 3 is 1.73 bits per heavy atom. The molecule has 0 radical (unpaired) electrons. The fourth-order valence-corrected chi connectivity index (χ4v) is 6.25. The predicted octanol–water partition coefficient (Wildman–Crippen LogP) is 10.7. The van der Waals surface area contributed by atoms with Crippen molar-refractivity contribution in [1.29, 1.82) is 0 Å². The lowest BCUT2D eigenvalue weighted by atomic mass is 9.94. The fraction of sp³-hybridized carbons (Fsp3) is 0. The Kier molecular flexibility index (Phi) is 5.78. The average molecular weight is 576 g/mol. The van der Waals surface area contributed by atoms with Crippen LogP contribution in [0.1, 0.15) is 0 Å². The summed E-state index contributed by atoms with van der Waals surface area (Å²) < 4.78 is 6.13. The van der Waals surface area contributed by atoms with E-state index in [1.54, 1.807) is 0 Å². The van der Waals surface area contributed by atoms with Gasteiger partial charge in [0.2, 0.25) is 0 Å². The number of para-hydroxylation sites is 1. The zero-order chi connectivity index (χ0) is 29.7. The van der Waals surface area contributed by atoms with Gasteiger partial charge in [-0.1, -0.05) is 121 Å². The monoisotopic (exact) mass is 575 g/mol. The van der Waals surface area contributed by atoms with Gasteiger partial charge in [-0.15, -0.1) is 0 Å². The van der Waals surface area contributed by atoms with E-state index < -0.39 is 0 Å². The first-order chi connectivity index (χ1) is 22.3. The van der Waals surface area contributed by atoms with Gasteiger partial charge < -0.3 is 4.42 Å². The Balaban J connectivity index is 1.16. The maximum atomic E-state index is 6.13. The van der Waals surface area contributed by atoms with Gasteiger partial charge in [0.15, 0.2) is 17.5 Å². The minimum absolute atomic E-state index is 0.650. The van der Waals surface area contributed by atoms with Crippen LogP contribution in [-0.4, -0.2) is 15.0 Å². The zero-order valence-corrected chi connectivity index (χ0v) is 24.2. The smallest absolute Gasteiger partial charge is 0.164 e. The highest BCUT2D eigenvalue weighted by Gasteiger charge is 2.14. The summed E-state index contributed by atoms with van der Waals surface area (Å²) in [6.45, 7) is 0. The summed E-state index contributed by atoms with van der Waals surface area (Å²) in [5.74, 6) is 1.96. The topological polar surface area (TPSA) is 51.8 Å². The van der Waals surface area contributed by atoms with Crippen LogP contribution in [0.15, 0.2) is 156 Å². The van der Waals surface area contributed by atoms with Crippen LogP contribution in [0.2, 0.25) is 0 Å². The third-order valence-electron chi connectivity index (χ3n) is 8.48. The maximum Gasteiger partial charge on any atom is 0.164 e. The normalized spacial score (nSPS) is 11.6. The average Bonchev–Trinajstić information content (AvgIpc) is 3.47. The summed E-state index contributed by atoms with van der Waals surface area (Å²) in [5.41, 5.74) is 7.05. The molecule has 0 N–H and O–H groups in total. The van der Waals surface area contributed by atoms with Gasteiger partial charge in [-0.05, 0) is 63.0 Å². The SMILES string of the molecule is c1ccc(-c2nc(-c3ccccc3)nc(-c3ccc4c(-c5ccc6cc7oc8ccccc8c7cc6c5)cccc4c3)n2)cc1. The molecule has 0 spiro atoms. The van der Waals surface area contributed by atoms with Crippen LogP contribution in [-0.2, 0) is 0 Å². The first kappa shape index (κ1) is 25.4. The lowest BCUT2D eigenvalue weighted by Gasteiger charge is -2.11. The number of rotatable bonds is 4. The van der Waals surface area contributed by atoms with Crippen LogP contribution >= 0.6 is 0 Å². The third-order valence-corrected chi connectivity index (χ3v) is 8.48. The van der Waals surface area contributed by atoms with E-state index in [9.17, 15) is 0 Å². The molecule has 9 aromatic rings. The van der Waals surface area contributed by atoms with Crippen molar-refractivity contribution >= 4 is 43.5 Å². The molecule has 2 heterocycles. The largest absolute Gasteiger partial charge is 0.456 e. The Bertz CT molecular complexity index is 2480. The second kappa shape index (κ2) is 10.2. The van der Waals surface area contributed by atoms with E-state index in [2.05, 4.69) is 78.9 Å². The molecule has 0 unspecified atom stereocenters. The van der Waals surface area contributed by atoms with Gasteiger partial charge in [0, 0.05) is 27.5 Å². The zero-order valence-electron chi connectivity index (χ0n) is 24.2. The molecule has 0 aliphatic heterocycles. The number of benzene rings is 7. The third kappa shape index (κ3) is 4.43. The molecule has 0 amide bonds. The molecule has 0 bridgehead atoms. The Labute approximate surface area is 259 Å². The maximum absolute atomic E-state index is 6.13. The Morgan fingerprint density at radius 1 is 0.333 bits per heavy atom. The molecule has 0 saturated heterocycles. The standard InChI is InChI=1S/C41H25N3O/c1-3-10-26(11-4-1)39-42-40(27-12-5-2-6-13-27)44-41(43-39)31-20-21-34-29(22-31)14-9-16-33(34)30-19-18-28-25-38-36(24-32(28)23-30)35-15-7-8-17-37(35)45-38/h1-25H. The summed E-state index contributed by atoms with van der Waals surface area (Å²) >= 11 is 0. The van der Waals surface area contributed by atoms with Crippen molar-refractivity contribution in [2.24, 2.45) is 0 Å². The lowest BCUT2D eigenvalue weighted by molar-refractivity contribution is 0.669. The van der Waals surface area contributed by atoms with E-state index in [1.807, 2.05) is 72.8 Å². The molecule has 0 atom stereocenters. The minimum atomic E-state index is 0.650. The number of furan rings is 1. The van der Waals surface area contributed by atoms with Crippen molar-refractivity contribution in [1.82, 2.24) is 15.0 Å². The molecule has 4 heteroatoms. The van der Waals surface area contributed by atoms with Crippen molar-refractivity contribution in [2.45, 2.75) is 0 Å². The molecule has 2 aromatic heterocycles. The summed E-state index contributed by atoms with van der Waals surface area (Å²) in [6.07, 6.45) is 0. The molecule has 0 fully saturated rings. The van der Waals surface area contributed by atoms with Crippen molar-refractivity contribution in [3.63, 3.8) is 0 Å². The Hall–Kier alpha value is -6.13. The number of aromatic nitrogens is 3. The highest BCUT2D eigenvalue weighted by molar-refractivity contribution is 6.11. The van der Waals surface area contributed by atoms with Gasteiger partial charge in [-0.2, -0.15) is 0 Å². The molecule has 9 rings (SSSR count). The number of hydrogen-bond acceptors (Lipinski definition) is 4. The fourth-order valence-electron chi connectivity index (χ4n) is 6.25. The van der Waals surface area contributed by atoms with E-state index in [0.29, 0.717) is 17.5 Å². The van der Waals surface area contributed by atoms with E-state index >= 15 is 0 Å². The van der Waals surface area contributed by atoms with Crippen LogP contribution < -0.4 is 0 Å². The van der Waals surface area contributed by atoms with Crippen LogP contribution in [0, 0.1) is 0 Å². The predicted molar refractivity (Wildman–Crippen MR) is 184 cm³/mol. The highest BCUT2D eigenvalue weighted by Crippen LogP contribution is 2.36. The van der Waals surface area contributed by atoms with Gasteiger partial charge >= 0.3 is 0 Å². The molecule has 0 aliphatic rings. The number of hydrogen-bond donors (Lipinski definition) is 0. The van der Waals surface area contributed by atoms with E-state index in [4.69, 9.17) is 19.4 Å². The summed E-state index contributed by atoms with van der Waals surface area (Å²) in [5, 5.41) is 6.93. The Morgan fingerprint density at radius 2 is 0.978 bits per heavy atom. The van der Waals surface area contributed by atoms with Crippen molar-refractivity contribution in [2.75, 3.05) is 0 Å². The van der Waals surface area contributed by atoms with Gasteiger partial charge in [-0.3, -0.25) is 0 Å². The number of fused-ring (bicyclic) bond motifs is 5. The van der Waals surface area contributed by atoms with Gasteiger partial charge in [0.05, 0.1) is 0 Å². The lowest BCUT2D eigenvalue weighted by Crippen LogP contribution is -2.00. The van der Waals surface area contributed by atoms with E-state index in [-0.39, 0.29) is 0 Å². The summed E-state index contributed by atoms with van der Waals surface area (Å²) in [7, 11) is 0. The van der Waals surface area contributed by atoms with Crippen molar-refractivity contribution < 1.29 is 4.42 Å². The van der Waals surface area contributed by atoms with Crippen LogP contribution in [0.4, 0.5) is 0 Å². The first-order valence-corrected chi connectivity index (χ1v) is 15.0. The molecule has 45 heavy (non-hydrogen) atoms. The molecular formula is C41H25N3O. The molecule has 0 aliphatic carbocycles. The summed E-state index contributed by atoms with van der Waals surface area (Å²) in [4.78, 5) is 14.7.